The molecule has 3 aromatic rings. The number of halogens is 1. The van der Waals surface area contributed by atoms with Gasteiger partial charge >= 0.3 is 11.8 Å². The van der Waals surface area contributed by atoms with Crippen molar-refractivity contribution < 1.29 is 17.7 Å². The van der Waals surface area contributed by atoms with Gasteiger partial charge in [-0.2, -0.15) is 4.98 Å². The van der Waals surface area contributed by atoms with Crippen molar-refractivity contribution in [1.82, 2.24) is 15.0 Å². The van der Waals surface area contributed by atoms with Crippen LogP contribution in [0.15, 0.2) is 44.4 Å². The Morgan fingerprint density at radius 3 is 2.79 bits per heavy atom. The number of likely N-dealkylation sites (tertiary alicyclic amines) is 1. The molecular weight excluding hydrogens is 424 g/mol. The van der Waals surface area contributed by atoms with Crippen LogP contribution in [-0.4, -0.2) is 42.5 Å². The van der Waals surface area contributed by atoms with Gasteiger partial charge in [-0.25, -0.2) is 8.42 Å². The van der Waals surface area contributed by atoms with Crippen LogP contribution in [0.4, 0.5) is 5.69 Å². The summed E-state index contributed by atoms with van der Waals surface area (Å²) in [5.74, 6) is -0.227. The molecule has 146 valence electrons. The number of hydrogen-bond acceptors (Lipinski definition) is 7. The number of amides is 1. The Morgan fingerprint density at radius 1 is 1.25 bits per heavy atom. The van der Waals surface area contributed by atoms with Crippen LogP contribution >= 0.6 is 22.9 Å². The van der Waals surface area contributed by atoms with Crippen LogP contribution in [-0.2, 0) is 10.0 Å². The van der Waals surface area contributed by atoms with Crippen LogP contribution in [0.1, 0.15) is 23.5 Å². The van der Waals surface area contributed by atoms with Crippen molar-refractivity contribution in [2.24, 2.45) is 0 Å². The zero-order valence-corrected chi connectivity index (χ0v) is 16.9. The number of nitrogens with one attached hydrogen (secondary N) is 1. The first kappa shape index (κ1) is 18.9. The van der Waals surface area contributed by atoms with E-state index in [0.717, 1.165) is 24.2 Å². The Bertz CT molecular complexity index is 1120. The number of aromatic nitrogens is 2. The number of thiophene rings is 1. The lowest BCUT2D eigenvalue weighted by atomic mass is 10.3. The maximum atomic E-state index is 12.6. The van der Waals surface area contributed by atoms with E-state index in [-0.39, 0.29) is 21.8 Å². The molecule has 2 aromatic heterocycles. The van der Waals surface area contributed by atoms with E-state index in [1.807, 2.05) is 0 Å². The fraction of sp³-hybridized carbons (Fsp3) is 0.235. The van der Waals surface area contributed by atoms with E-state index in [1.165, 1.54) is 12.1 Å². The second kappa shape index (κ2) is 7.53. The highest BCUT2D eigenvalue weighted by molar-refractivity contribution is 7.94. The molecule has 0 radical (unpaired) electrons. The van der Waals surface area contributed by atoms with E-state index >= 15 is 0 Å². The number of anilines is 1. The molecule has 1 fully saturated rings. The molecule has 1 aliphatic rings. The Labute approximate surface area is 170 Å². The summed E-state index contributed by atoms with van der Waals surface area (Å²) in [6, 6.07) is 7.86. The van der Waals surface area contributed by atoms with Gasteiger partial charge in [-0.15, -0.1) is 11.3 Å². The van der Waals surface area contributed by atoms with Gasteiger partial charge in [0, 0.05) is 29.1 Å². The molecule has 1 aromatic carbocycles. The van der Waals surface area contributed by atoms with Crippen molar-refractivity contribution in [3.05, 3.63) is 46.6 Å². The predicted octanol–water partition coefficient (Wildman–Crippen LogP) is 3.49. The lowest BCUT2D eigenvalue weighted by molar-refractivity contribution is 0.0743. The molecule has 1 N–H and O–H groups in total. The van der Waals surface area contributed by atoms with Crippen LogP contribution in [0.25, 0.3) is 11.4 Å². The third kappa shape index (κ3) is 3.89. The minimum atomic E-state index is -3.79. The highest BCUT2D eigenvalue weighted by Crippen LogP contribution is 2.29. The fourth-order valence-corrected chi connectivity index (χ4v) is 5.21. The number of sulfonamides is 1. The van der Waals surface area contributed by atoms with E-state index in [4.69, 9.17) is 16.1 Å². The smallest absolute Gasteiger partial charge is 0.316 e. The monoisotopic (exact) mass is 438 g/mol. The van der Waals surface area contributed by atoms with Crippen LogP contribution < -0.4 is 4.72 Å². The molecule has 0 saturated carbocycles. The summed E-state index contributed by atoms with van der Waals surface area (Å²) in [6.07, 6.45) is 1.91. The molecule has 28 heavy (non-hydrogen) atoms. The summed E-state index contributed by atoms with van der Waals surface area (Å²) < 4.78 is 32.8. The summed E-state index contributed by atoms with van der Waals surface area (Å²) >= 11 is 6.91. The van der Waals surface area contributed by atoms with E-state index in [9.17, 15) is 13.2 Å². The maximum Gasteiger partial charge on any atom is 0.316 e. The molecule has 0 aliphatic carbocycles. The lowest BCUT2D eigenvalue weighted by Crippen LogP contribution is -2.27. The molecule has 11 heteroatoms. The van der Waals surface area contributed by atoms with Gasteiger partial charge in [-0.3, -0.25) is 9.52 Å². The van der Waals surface area contributed by atoms with Crippen molar-refractivity contribution >= 4 is 44.6 Å². The van der Waals surface area contributed by atoms with Gasteiger partial charge in [0.25, 0.3) is 10.0 Å². The number of carbonyl (C=O) groups excluding carboxylic acids is 1. The number of carbonyl (C=O) groups is 1. The molecule has 0 spiro atoms. The van der Waals surface area contributed by atoms with Gasteiger partial charge in [-0.1, -0.05) is 22.8 Å². The molecule has 1 saturated heterocycles. The molecule has 0 unspecified atom stereocenters. The van der Waals surface area contributed by atoms with E-state index in [2.05, 4.69) is 14.9 Å². The first-order chi connectivity index (χ1) is 13.4. The van der Waals surface area contributed by atoms with Crippen molar-refractivity contribution in [2.45, 2.75) is 17.1 Å². The minimum absolute atomic E-state index is 0.0831. The van der Waals surface area contributed by atoms with Crippen LogP contribution in [0.5, 0.6) is 0 Å². The van der Waals surface area contributed by atoms with Crippen molar-refractivity contribution in [3.63, 3.8) is 0 Å². The average Bonchev–Trinajstić information content (AvgIpc) is 3.41. The second-order valence-electron chi connectivity index (χ2n) is 6.19. The second-order valence-corrected chi connectivity index (χ2v) is 9.45. The van der Waals surface area contributed by atoms with Crippen molar-refractivity contribution in [1.29, 1.82) is 0 Å². The Kier molecular flexibility index (Phi) is 5.09. The summed E-state index contributed by atoms with van der Waals surface area (Å²) in [7, 11) is -3.79. The summed E-state index contributed by atoms with van der Waals surface area (Å²) in [6.45, 7) is 1.35. The molecule has 1 amide bonds. The number of benzene rings is 1. The zero-order valence-electron chi connectivity index (χ0n) is 14.5. The SMILES string of the molecule is O=C(c1nc(-c2csc(S(=O)(=O)Nc3cccc(Cl)c3)c2)no1)N1CCCC1. The number of rotatable bonds is 5. The molecule has 8 nitrogen and oxygen atoms in total. The third-order valence-corrected chi connectivity index (χ3v) is 7.23. The first-order valence-electron chi connectivity index (χ1n) is 8.43. The molecule has 4 rings (SSSR count). The van der Waals surface area contributed by atoms with Gasteiger partial charge in [0.05, 0.1) is 5.69 Å². The van der Waals surface area contributed by atoms with Crippen LogP contribution in [0, 0.1) is 0 Å². The number of hydrogen-bond donors (Lipinski definition) is 1. The Balaban J connectivity index is 1.53. The standard InChI is InChI=1S/C17H15ClN4O4S2/c18-12-4-3-5-13(9-12)21-28(24,25)14-8-11(10-27-14)15-19-16(26-20-15)17(23)22-6-1-2-7-22/h3-5,8-10,21H,1-2,6-7H2. The first-order valence-corrected chi connectivity index (χ1v) is 11.2. The highest BCUT2D eigenvalue weighted by Gasteiger charge is 2.26. The fourth-order valence-electron chi connectivity index (χ4n) is 2.82. The molecule has 3 heterocycles. The maximum absolute atomic E-state index is 12.6. The minimum Gasteiger partial charge on any atom is -0.334 e. The summed E-state index contributed by atoms with van der Waals surface area (Å²) in [5, 5.41) is 5.83. The molecule has 1 aliphatic heterocycles. The van der Waals surface area contributed by atoms with Crippen LogP contribution in [0.2, 0.25) is 5.02 Å². The van der Waals surface area contributed by atoms with E-state index < -0.39 is 10.0 Å². The van der Waals surface area contributed by atoms with Crippen molar-refractivity contribution in [3.8, 4) is 11.4 Å². The molecule has 0 bridgehead atoms. The number of nitrogens with zero attached hydrogens (tertiary/aromatic N) is 3. The summed E-state index contributed by atoms with van der Waals surface area (Å²) in [5.41, 5.74) is 0.821. The van der Waals surface area contributed by atoms with Crippen molar-refractivity contribution in [2.75, 3.05) is 17.8 Å². The lowest BCUT2D eigenvalue weighted by Gasteiger charge is -2.10. The topological polar surface area (TPSA) is 105 Å². The Morgan fingerprint density at radius 2 is 2.04 bits per heavy atom. The van der Waals surface area contributed by atoms with Gasteiger partial charge in [0.15, 0.2) is 0 Å². The van der Waals surface area contributed by atoms with E-state index in [1.54, 1.807) is 28.5 Å². The zero-order chi connectivity index (χ0) is 19.7. The van der Waals surface area contributed by atoms with Gasteiger partial charge in [0.2, 0.25) is 5.82 Å². The predicted molar refractivity (Wildman–Crippen MR) is 105 cm³/mol. The van der Waals surface area contributed by atoms with E-state index in [0.29, 0.717) is 29.4 Å². The quantitative estimate of drug-likeness (QED) is 0.653. The largest absolute Gasteiger partial charge is 0.334 e. The normalized spacial score (nSPS) is 14.4. The highest BCUT2D eigenvalue weighted by atomic mass is 35.5. The van der Waals surface area contributed by atoms with Gasteiger partial charge < -0.3 is 9.42 Å². The molecular formula is C17H15ClN4O4S2. The average molecular weight is 439 g/mol. The Hall–Kier alpha value is -2.43. The molecule has 0 atom stereocenters. The van der Waals surface area contributed by atoms with Gasteiger partial charge in [-0.05, 0) is 37.1 Å². The van der Waals surface area contributed by atoms with Gasteiger partial charge in [0.1, 0.15) is 4.21 Å². The third-order valence-electron chi connectivity index (χ3n) is 4.18. The van der Waals surface area contributed by atoms with Crippen LogP contribution in [0.3, 0.4) is 0 Å². The summed E-state index contributed by atoms with van der Waals surface area (Å²) in [4.78, 5) is 18.1.